The Hall–Kier alpha value is -2.16. The summed E-state index contributed by atoms with van der Waals surface area (Å²) in [6, 6.07) is 10.8. The molecule has 0 unspecified atom stereocenters. The summed E-state index contributed by atoms with van der Waals surface area (Å²) < 4.78 is 5.33. The van der Waals surface area contributed by atoms with Gasteiger partial charge in [0.15, 0.2) is 5.78 Å². The summed E-state index contributed by atoms with van der Waals surface area (Å²) in [5, 5.41) is 0. The van der Waals surface area contributed by atoms with Gasteiger partial charge in [0, 0.05) is 11.6 Å². The lowest BCUT2D eigenvalue weighted by Crippen LogP contribution is -2.10. The fourth-order valence-corrected chi connectivity index (χ4v) is 2.48. The van der Waals surface area contributed by atoms with Crippen LogP contribution in [0.5, 0.6) is 0 Å². The van der Waals surface area contributed by atoms with Crippen LogP contribution in [0.4, 0.5) is 0 Å². The molecule has 0 saturated carbocycles. The molecule has 110 valence electrons. The van der Waals surface area contributed by atoms with Crippen molar-refractivity contribution in [2.45, 2.75) is 39.5 Å². The quantitative estimate of drug-likeness (QED) is 0.588. The van der Waals surface area contributed by atoms with E-state index < -0.39 is 5.63 Å². The predicted molar refractivity (Wildman–Crippen MR) is 83.6 cm³/mol. The van der Waals surface area contributed by atoms with Crippen molar-refractivity contribution >= 4 is 5.78 Å². The summed E-state index contributed by atoms with van der Waals surface area (Å²) in [5.74, 6) is 0.325. The highest BCUT2D eigenvalue weighted by Gasteiger charge is 2.18. The first-order chi connectivity index (χ1) is 10.1. The second kappa shape index (κ2) is 7.02. The summed E-state index contributed by atoms with van der Waals surface area (Å²) in [4.78, 5) is 23.9. The van der Waals surface area contributed by atoms with Gasteiger partial charge in [0.25, 0.3) is 0 Å². The minimum Gasteiger partial charge on any atom is -0.422 e. The van der Waals surface area contributed by atoms with Crippen molar-refractivity contribution in [3.05, 3.63) is 57.9 Å². The smallest absolute Gasteiger partial charge is 0.336 e. The molecule has 0 aliphatic rings. The average molecular weight is 284 g/mol. The summed E-state index contributed by atoms with van der Waals surface area (Å²) in [6.07, 6.45) is 3.88. The molecule has 0 bridgehead atoms. The minimum absolute atomic E-state index is 0.0656. The third-order valence-corrected chi connectivity index (χ3v) is 3.48. The van der Waals surface area contributed by atoms with E-state index in [4.69, 9.17) is 4.42 Å². The number of benzene rings is 1. The van der Waals surface area contributed by atoms with Crippen molar-refractivity contribution in [2.75, 3.05) is 0 Å². The van der Waals surface area contributed by atoms with Crippen LogP contribution in [0, 0.1) is 0 Å². The van der Waals surface area contributed by atoms with Crippen molar-refractivity contribution in [1.29, 1.82) is 0 Å². The lowest BCUT2D eigenvalue weighted by molar-refractivity contribution is 0.101. The van der Waals surface area contributed by atoms with Gasteiger partial charge in [-0.25, -0.2) is 4.79 Å². The maximum atomic E-state index is 12.0. The van der Waals surface area contributed by atoms with Crippen LogP contribution in [-0.4, -0.2) is 5.78 Å². The molecular formula is C18H20O3. The standard InChI is InChI=1S/C18H20O3/c1-3-4-6-11-15-12-16(20)21-18(17(15)13(2)19)14-9-7-5-8-10-14/h5,7-10,12H,3-4,6,11H2,1-2H3. The maximum absolute atomic E-state index is 12.0. The Labute approximate surface area is 124 Å². The van der Waals surface area contributed by atoms with Crippen LogP contribution in [-0.2, 0) is 6.42 Å². The van der Waals surface area contributed by atoms with Gasteiger partial charge in [-0.05, 0) is 25.3 Å². The molecule has 0 N–H and O–H groups in total. The Kier molecular flexibility index (Phi) is 5.09. The van der Waals surface area contributed by atoms with Gasteiger partial charge in [-0.2, -0.15) is 0 Å². The molecule has 3 heteroatoms. The van der Waals surface area contributed by atoms with E-state index in [2.05, 4.69) is 6.92 Å². The van der Waals surface area contributed by atoms with Crippen LogP contribution in [0.1, 0.15) is 49.0 Å². The van der Waals surface area contributed by atoms with E-state index in [-0.39, 0.29) is 5.78 Å². The zero-order chi connectivity index (χ0) is 15.2. The molecule has 1 aromatic carbocycles. The molecule has 21 heavy (non-hydrogen) atoms. The molecule has 0 amide bonds. The third-order valence-electron chi connectivity index (χ3n) is 3.48. The number of hydrogen-bond acceptors (Lipinski definition) is 3. The molecule has 3 nitrogen and oxygen atoms in total. The topological polar surface area (TPSA) is 47.3 Å². The SMILES string of the molecule is CCCCCc1cc(=O)oc(-c2ccccc2)c1C(C)=O. The molecule has 2 aromatic rings. The van der Waals surface area contributed by atoms with E-state index >= 15 is 0 Å². The molecule has 1 heterocycles. The second-order valence-corrected chi connectivity index (χ2v) is 5.17. The first kappa shape index (κ1) is 15.2. The van der Waals surface area contributed by atoms with Crippen molar-refractivity contribution in [1.82, 2.24) is 0 Å². The Balaban J connectivity index is 2.54. The first-order valence-corrected chi connectivity index (χ1v) is 7.37. The fraction of sp³-hybridized carbons (Fsp3) is 0.333. The van der Waals surface area contributed by atoms with Crippen LogP contribution in [0.25, 0.3) is 11.3 Å². The van der Waals surface area contributed by atoms with Crippen molar-refractivity contribution in [3.8, 4) is 11.3 Å². The predicted octanol–water partition coefficient (Wildman–Crippen LogP) is 4.24. The van der Waals surface area contributed by atoms with Crippen LogP contribution >= 0.6 is 0 Å². The Morgan fingerprint density at radius 3 is 2.48 bits per heavy atom. The summed E-state index contributed by atoms with van der Waals surface area (Å²) in [7, 11) is 0. The molecule has 0 radical (unpaired) electrons. The van der Waals surface area contributed by atoms with Crippen molar-refractivity contribution in [3.63, 3.8) is 0 Å². The molecule has 0 aliphatic carbocycles. The Morgan fingerprint density at radius 2 is 1.86 bits per heavy atom. The highest BCUT2D eigenvalue weighted by Crippen LogP contribution is 2.26. The molecule has 0 saturated heterocycles. The highest BCUT2D eigenvalue weighted by molar-refractivity contribution is 6.00. The molecule has 0 atom stereocenters. The largest absolute Gasteiger partial charge is 0.422 e. The van der Waals surface area contributed by atoms with E-state index in [1.165, 1.54) is 13.0 Å². The number of ketones is 1. The van der Waals surface area contributed by atoms with E-state index in [0.717, 1.165) is 36.8 Å². The molecular weight excluding hydrogens is 264 g/mol. The highest BCUT2D eigenvalue weighted by atomic mass is 16.4. The summed E-state index contributed by atoms with van der Waals surface area (Å²) >= 11 is 0. The third kappa shape index (κ3) is 3.69. The number of unbranched alkanes of at least 4 members (excludes halogenated alkanes) is 2. The van der Waals surface area contributed by atoms with E-state index in [1.807, 2.05) is 30.3 Å². The molecule has 0 spiro atoms. The summed E-state index contributed by atoms with van der Waals surface area (Å²) in [5.41, 5.74) is 1.70. The van der Waals surface area contributed by atoms with E-state index in [1.54, 1.807) is 0 Å². The Bertz CT molecular complexity index is 669. The number of rotatable bonds is 6. The van der Waals surface area contributed by atoms with Gasteiger partial charge in [0.2, 0.25) is 0 Å². The van der Waals surface area contributed by atoms with Gasteiger partial charge in [-0.15, -0.1) is 0 Å². The zero-order valence-corrected chi connectivity index (χ0v) is 12.5. The zero-order valence-electron chi connectivity index (χ0n) is 12.5. The normalized spacial score (nSPS) is 10.6. The van der Waals surface area contributed by atoms with Crippen LogP contribution in [0.2, 0.25) is 0 Å². The average Bonchev–Trinajstić information content (AvgIpc) is 2.47. The van der Waals surface area contributed by atoms with Gasteiger partial charge in [0.05, 0.1) is 5.56 Å². The monoisotopic (exact) mass is 284 g/mol. The minimum atomic E-state index is -0.398. The lowest BCUT2D eigenvalue weighted by atomic mass is 9.96. The second-order valence-electron chi connectivity index (χ2n) is 5.17. The molecule has 0 aliphatic heterocycles. The van der Waals surface area contributed by atoms with Gasteiger partial charge in [-0.3, -0.25) is 4.79 Å². The Morgan fingerprint density at radius 1 is 1.14 bits per heavy atom. The van der Waals surface area contributed by atoms with Crippen LogP contribution in [0.3, 0.4) is 0 Å². The molecule has 1 aromatic heterocycles. The molecule has 0 fully saturated rings. The van der Waals surface area contributed by atoms with E-state index in [9.17, 15) is 9.59 Å². The number of carbonyl (C=O) groups excluding carboxylic acids is 1. The van der Waals surface area contributed by atoms with Gasteiger partial charge < -0.3 is 4.42 Å². The van der Waals surface area contributed by atoms with Crippen molar-refractivity contribution in [2.24, 2.45) is 0 Å². The number of hydrogen-bond donors (Lipinski definition) is 0. The van der Waals surface area contributed by atoms with Gasteiger partial charge >= 0.3 is 5.63 Å². The number of Topliss-reactive ketones (excluding diaryl/α,β-unsaturated/α-hetero) is 1. The maximum Gasteiger partial charge on any atom is 0.336 e. The van der Waals surface area contributed by atoms with E-state index in [0.29, 0.717) is 11.3 Å². The van der Waals surface area contributed by atoms with Crippen molar-refractivity contribution < 1.29 is 9.21 Å². The first-order valence-electron chi connectivity index (χ1n) is 7.37. The van der Waals surface area contributed by atoms with Gasteiger partial charge in [0.1, 0.15) is 5.76 Å². The van der Waals surface area contributed by atoms with Gasteiger partial charge in [-0.1, -0.05) is 50.1 Å². The fourth-order valence-electron chi connectivity index (χ4n) is 2.48. The van der Waals surface area contributed by atoms with Crippen LogP contribution in [0.15, 0.2) is 45.6 Å². The lowest BCUT2D eigenvalue weighted by Gasteiger charge is -2.11. The van der Waals surface area contributed by atoms with Crippen LogP contribution < -0.4 is 5.63 Å². The number of carbonyl (C=O) groups is 1. The summed E-state index contributed by atoms with van der Waals surface area (Å²) in [6.45, 7) is 3.64. The number of aryl methyl sites for hydroxylation is 1. The molecule has 2 rings (SSSR count).